The summed E-state index contributed by atoms with van der Waals surface area (Å²) in [6.45, 7) is 5.14. The molecule has 2 aromatic rings. The number of halogens is 3. The highest BCUT2D eigenvalue weighted by atomic mass is 35.5. The maximum absolute atomic E-state index is 13.4. The predicted octanol–water partition coefficient (Wildman–Crippen LogP) is 4.61. The number of hydrogen-bond acceptors (Lipinski definition) is 1. The van der Waals surface area contributed by atoms with Crippen molar-refractivity contribution in [3.05, 3.63) is 28.8 Å². The number of nitrogens with zero attached hydrogens (tertiary/aromatic N) is 2. The van der Waals surface area contributed by atoms with Crippen molar-refractivity contribution in [2.75, 3.05) is 0 Å². The molecule has 2 rings (SSSR count). The number of rotatable bonds is 4. The van der Waals surface area contributed by atoms with Crippen LogP contribution in [-0.2, 0) is 12.4 Å². The van der Waals surface area contributed by atoms with E-state index < -0.39 is 5.82 Å². The summed E-state index contributed by atoms with van der Waals surface area (Å²) in [6.07, 6.45) is 1.02. The van der Waals surface area contributed by atoms with Gasteiger partial charge in [-0.1, -0.05) is 25.4 Å². The Balaban J connectivity index is 2.50. The molecule has 0 N–H and O–H groups in total. The third-order valence-corrected chi connectivity index (χ3v) is 3.45. The van der Waals surface area contributed by atoms with E-state index >= 15 is 0 Å². The zero-order valence-electron chi connectivity index (χ0n) is 10.4. The van der Waals surface area contributed by atoms with Crippen molar-refractivity contribution >= 4 is 34.2 Å². The molecule has 0 bridgehead atoms. The first-order valence-corrected chi connectivity index (χ1v) is 6.84. The minimum atomic E-state index is -0.446. The maximum atomic E-state index is 13.4. The molecule has 5 heteroatoms. The Kier molecular flexibility index (Phi) is 4.13. The number of hydrogen-bond donors (Lipinski definition) is 0. The van der Waals surface area contributed by atoms with Crippen LogP contribution in [0, 0.1) is 11.7 Å². The molecular formula is C13H15Cl2FN2. The number of imidazole rings is 1. The van der Waals surface area contributed by atoms with Gasteiger partial charge in [0.25, 0.3) is 0 Å². The van der Waals surface area contributed by atoms with E-state index in [1.165, 1.54) is 6.07 Å². The van der Waals surface area contributed by atoms with Crippen molar-refractivity contribution in [2.45, 2.75) is 32.7 Å². The van der Waals surface area contributed by atoms with E-state index in [9.17, 15) is 4.39 Å². The number of alkyl halides is 1. The van der Waals surface area contributed by atoms with Crippen molar-refractivity contribution in [1.29, 1.82) is 0 Å². The van der Waals surface area contributed by atoms with Crippen molar-refractivity contribution < 1.29 is 4.39 Å². The summed E-state index contributed by atoms with van der Waals surface area (Å²) < 4.78 is 15.4. The van der Waals surface area contributed by atoms with E-state index in [0.717, 1.165) is 24.3 Å². The van der Waals surface area contributed by atoms with Gasteiger partial charge < -0.3 is 4.57 Å². The largest absolute Gasteiger partial charge is 0.327 e. The zero-order chi connectivity index (χ0) is 13.3. The summed E-state index contributed by atoms with van der Waals surface area (Å²) in [5.74, 6) is 1.21. The SMILES string of the molecule is CC(C)CCn1c(CCl)nc2cc(F)c(Cl)cc21. The Morgan fingerprint density at radius 3 is 2.72 bits per heavy atom. The van der Waals surface area contributed by atoms with Crippen LogP contribution in [0.3, 0.4) is 0 Å². The van der Waals surface area contributed by atoms with E-state index in [4.69, 9.17) is 23.2 Å². The summed E-state index contributed by atoms with van der Waals surface area (Å²) in [5, 5.41) is 0.120. The molecule has 0 saturated heterocycles. The fourth-order valence-corrected chi connectivity index (χ4v) is 2.27. The minimum Gasteiger partial charge on any atom is -0.327 e. The molecule has 0 spiro atoms. The monoisotopic (exact) mass is 288 g/mol. The van der Waals surface area contributed by atoms with Crippen LogP contribution in [0.25, 0.3) is 11.0 Å². The van der Waals surface area contributed by atoms with Gasteiger partial charge >= 0.3 is 0 Å². The lowest BCUT2D eigenvalue weighted by Gasteiger charge is -2.09. The number of fused-ring (bicyclic) bond motifs is 1. The molecule has 1 aromatic heterocycles. The van der Waals surface area contributed by atoms with Crippen LogP contribution < -0.4 is 0 Å². The van der Waals surface area contributed by atoms with Crippen molar-refractivity contribution in [3.8, 4) is 0 Å². The van der Waals surface area contributed by atoms with E-state index in [-0.39, 0.29) is 5.02 Å². The van der Waals surface area contributed by atoms with Crippen LogP contribution in [0.15, 0.2) is 12.1 Å². The number of aromatic nitrogens is 2. The minimum absolute atomic E-state index is 0.120. The summed E-state index contributed by atoms with van der Waals surface area (Å²) >= 11 is 11.7. The van der Waals surface area contributed by atoms with Gasteiger partial charge in [-0.05, 0) is 18.4 Å². The molecule has 0 unspecified atom stereocenters. The third kappa shape index (κ3) is 2.62. The fraction of sp³-hybridized carbons (Fsp3) is 0.462. The second-order valence-corrected chi connectivity index (χ2v) is 5.43. The molecule has 18 heavy (non-hydrogen) atoms. The van der Waals surface area contributed by atoms with Crippen LogP contribution in [0.4, 0.5) is 4.39 Å². The van der Waals surface area contributed by atoms with Gasteiger partial charge in [-0.15, -0.1) is 11.6 Å². The molecular weight excluding hydrogens is 274 g/mol. The second-order valence-electron chi connectivity index (χ2n) is 4.75. The molecule has 0 atom stereocenters. The van der Waals surface area contributed by atoms with E-state index in [1.807, 2.05) is 4.57 Å². The molecule has 0 aliphatic heterocycles. The Morgan fingerprint density at radius 2 is 2.11 bits per heavy atom. The van der Waals surface area contributed by atoms with Crippen LogP contribution >= 0.6 is 23.2 Å². The summed E-state index contributed by atoms with van der Waals surface area (Å²) in [4.78, 5) is 4.34. The van der Waals surface area contributed by atoms with E-state index in [0.29, 0.717) is 17.3 Å². The summed E-state index contributed by atoms with van der Waals surface area (Å²) in [6, 6.07) is 2.98. The molecule has 1 heterocycles. The molecule has 98 valence electrons. The van der Waals surface area contributed by atoms with Gasteiger partial charge in [0, 0.05) is 12.6 Å². The Morgan fingerprint density at radius 1 is 1.39 bits per heavy atom. The molecule has 0 aliphatic carbocycles. The van der Waals surface area contributed by atoms with Crippen molar-refractivity contribution in [2.24, 2.45) is 5.92 Å². The molecule has 1 aromatic carbocycles. The standard InChI is InChI=1S/C13H15Cl2FN2/c1-8(2)3-4-18-12-5-9(15)10(16)6-11(12)17-13(18)7-14/h5-6,8H,3-4,7H2,1-2H3. The topological polar surface area (TPSA) is 17.8 Å². The van der Waals surface area contributed by atoms with Gasteiger partial charge in [0.05, 0.1) is 21.9 Å². The lowest BCUT2D eigenvalue weighted by atomic mass is 10.1. The van der Waals surface area contributed by atoms with Gasteiger partial charge in [0.1, 0.15) is 11.6 Å². The zero-order valence-corrected chi connectivity index (χ0v) is 11.9. The lowest BCUT2D eigenvalue weighted by molar-refractivity contribution is 0.516. The molecule has 0 saturated carbocycles. The first-order valence-electron chi connectivity index (χ1n) is 5.93. The molecule has 2 nitrogen and oxygen atoms in total. The predicted molar refractivity (Wildman–Crippen MR) is 73.7 cm³/mol. The molecule has 0 amide bonds. The second kappa shape index (κ2) is 5.45. The first kappa shape index (κ1) is 13.6. The first-order chi connectivity index (χ1) is 8.52. The van der Waals surface area contributed by atoms with Crippen LogP contribution in [0.2, 0.25) is 5.02 Å². The van der Waals surface area contributed by atoms with E-state index in [1.54, 1.807) is 6.07 Å². The smallest absolute Gasteiger partial charge is 0.144 e. The third-order valence-electron chi connectivity index (χ3n) is 2.92. The van der Waals surface area contributed by atoms with Gasteiger partial charge in [-0.2, -0.15) is 0 Å². The van der Waals surface area contributed by atoms with Gasteiger partial charge in [-0.25, -0.2) is 9.37 Å². The highest BCUT2D eigenvalue weighted by Crippen LogP contribution is 2.25. The molecule has 0 fully saturated rings. The Hall–Kier alpha value is -0.800. The molecule has 0 aliphatic rings. The summed E-state index contributed by atoms with van der Waals surface area (Å²) in [7, 11) is 0. The Bertz CT molecular complexity index is 564. The average Bonchev–Trinajstić information content (AvgIpc) is 2.64. The lowest BCUT2D eigenvalue weighted by Crippen LogP contribution is -2.05. The van der Waals surface area contributed by atoms with Crippen LogP contribution in [0.1, 0.15) is 26.1 Å². The van der Waals surface area contributed by atoms with Crippen LogP contribution in [-0.4, -0.2) is 9.55 Å². The van der Waals surface area contributed by atoms with Gasteiger partial charge in [-0.3, -0.25) is 0 Å². The maximum Gasteiger partial charge on any atom is 0.144 e. The summed E-state index contributed by atoms with van der Waals surface area (Å²) in [5.41, 5.74) is 1.45. The normalized spacial score (nSPS) is 11.7. The van der Waals surface area contributed by atoms with E-state index in [2.05, 4.69) is 18.8 Å². The highest BCUT2D eigenvalue weighted by Gasteiger charge is 2.13. The van der Waals surface area contributed by atoms with Gasteiger partial charge in [0.2, 0.25) is 0 Å². The van der Waals surface area contributed by atoms with Crippen molar-refractivity contribution in [1.82, 2.24) is 9.55 Å². The molecule has 0 radical (unpaired) electrons. The van der Waals surface area contributed by atoms with Gasteiger partial charge in [0.15, 0.2) is 0 Å². The van der Waals surface area contributed by atoms with Crippen molar-refractivity contribution in [3.63, 3.8) is 0 Å². The average molecular weight is 289 g/mol. The number of aryl methyl sites for hydroxylation is 1. The quantitative estimate of drug-likeness (QED) is 0.751. The number of benzene rings is 1. The fourth-order valence-electron chi connectivity index (χ4n) is 1.91. The highest BCUT2D eigenvalue weighted by molar-refractivity contribution is 6.31. The van der Waals surface area contributed by atoms with Crippen LogP contribution in [0.5, 0.6) is 0 Å². The Labute approximate surface area is 116 Å².